The molecule has 3 atom stereocenters. The molecule has 0 radical (unpaired) electrons. The van der Waals surface area contributed by atoms with Crippen molar-refractivity contribution in [1.29, 1.82) is 0 Å². The van der Waals surface area contributed by atoms with Gasteiger partial charge in [-0.3, -0.25) is 4.79 Å². The average molecular weight is 298 g/mol. The van der Waals surface area contributed by atoms with E-state index in [0.29, 0.717) is 5.57 Å². The zero-order valence-corrected chi connectivity index (χ0v) is 12.7. The van der Waals surface area contributed by atoms with Gasteiger partial charge in [-0.25, -0.2) is 4.79 Å². The van der Waals surface area contributed by atoms with E-state index in [9.17, 15) is 9.59 Å². The van der Waals surface area contributed by atoms with Crippen LogP contribution >= 0.6 is 0 Å². The van der Waals surface area contributed by atoms with Crippen LogP contribution in [0.3, 0.4) is 0 Å². The molecule has 0 heterocycles. The highest BCUT2D eigenvalue weighted by atomic mass is 16.5. The Balaban J connectivity index is 2.22. The minimum Gasteiger partial charge on any atom is -0.468 e. The van der Waals surface area contributed by atoms with Crippen LogP contribution in [0.15, 0.2) is 59.8 Å². The largest absolute Gasteiger partial charge is 0.468 e. The SMILES string of the molecule is C=C[C@@H]1CC2=CC=CC3=C(C(=O)OC)C=C[C@]1(C(=O)OC)C23. The molecule has 3 rings (SSSR count). The fourth-order valence-electron chi connectivity index (χ4n) is 3.93. The predicted octanol–water partition coefficient (Wildman–Crippen LogP) is 2.50. The van der Waals surface area contributed by atoms with E-state index in [1.165, 1.54) is 14.2 Å². The van der Waals surface area contributed by atoms with Gasteiger partial charge in [0.25, 0.3) is 0 Å². The van der Waals surface area contributed by atoms with Crippen molar-refractivity contribution in [2.75, 3.05) is 14.2 Å². The summed E-state index contributed by atoms with van der Waals surface area (Å²) in [5, 5.41) is 0. The lowest BCUT2D eigenvalue weighted by Crippen LogP contribution is -2.42. The number of hydrogen-bond acceptors (Lipinski definition) is 4. The molecule has 0 aromatic rings. The topological polar surface area (TPSA) is 52.6 Å². The highest BCUT2D eigenvalue weighted by Crippen LogP contribution is 2.59. The molecule has 114 valence electrons. The first-order valence-electron chi connectivity index (χ1n) is 7.20. The number of methoxy groups -OCH3 is 2. The first-order valence-corrected chi connectivity index (χ1v) is 7.20. The fraction of sp³-hybridized carbons (Fsp3) is 0.333. The van der Waals surface area contributed by atoms with E-state index >= 15 is 0 Å². The summed E-state index contributed by atoms with van der Waals surface area (Å²) in [6.45, 7) is 3.88. The molecule has 1 fully saturated rings. The van der Waals surface area contributed by atoms with E-state index in [0.717, 1.165) is 17.6 Å². The van der Waals surface area contributed by atoms with Crippen LogP contribution in [0, 0.1) is 17.3 Å². The Morgan fingerprint density at radius 2 is 2.09 bits per heavy atom. The Labute approximate surface area is 129 Å². The molecule has 22 heavy (non-hydrogen) atoms. The number of allylic oxidation sites excluding steroid dienone is 6. The molecule has 3 aliphatic carbocycles. The van der Waals surface area contributed by atoms with Gasteiger partial charge in [-0.15, -0.1) is 6.58 Å². The van der Waals surface area contributed by atoms with Crippen molar-refractivity contribution in [3.05, 3.63) is 59.8 Å². The van der Waals surface area contributed by atoms with Crippen LogP contribution in [0.4, 0.5) is 0 Å². The van der Waals surface area contributed by atoms with Crippen LogP contribution in [0.5, 0.6) is 0 Å². The van der Waals surface area contributed by atoms with Crippen LogP contribution in [0.2, 0.25) is 0 Å². The Bertz CT molecular complexity index is 677. The lowest BCUT2D eigenvalue weighted by molar-refractivity contribution is -0.152. The van der Waals surface area contributed by atoms with Gasteiger partial charge in [-0.1, -0.05) is 42.0 Å². The van der Waals surface area contributed by atoms with Crippen molar-refractivity contribution in [3.8, 4) is 0 Å². The van der Waals surface area contributed by atoms with E-state index in [2.05, 4.69) is 6.58 Å². The quantitative estimate of drug-likeness (QED) is 0.593. The Morgan fingerprint density at radius 1 is 1.32 bits per heavy atom. The third kappa shape index (κ3) is 1.70. The maximum Gasteiger partial charge on any atom is 0.338 e. The average Bonchev–Trinajstić information content (AvgIpc) is 2.90. The standard InChI is InChI=1S/C18H18O4/c1-4-12-10-11-6-5-7-13-14(16(19)21-2)8-9-18(12,15(11)13)17(20)22-3/h4-9,12,15H,1,10H2,2-3H3/t12-,15?,18-/m1/s1. The molecule has 4 heteroatoms. The van der Waals surface area contributed by atoms with Crippen molar-refractivity contribution < 1.29 is 19.1 Å². The normalized spacial score (nSPS) is 31.5. The number of hydrogen-bond donors (Lipinski definition) is 0. The first kappa shape index (κ1) is 14.6. The van der Waals surface area contributed by atoms with Crippen molar-refractivity contribution in [1.82, 2.24) is 0 Å². The van der Waals surface area contributed by atoms with Crippen molar-refractivity contribution in [2.24, 2.45) is 17.3 Å². The monoisotopic (exact) mass is 298 g/mol. The second kappa shape index (κ2) is 5.13. The van der Waals surface area contributed by atoms with Gasteiger partial charge in [0.2, 0.25) is 0 Å². The first-order chi connectivity index (χ1) is 10.6. The maximum atomic E-state index is 12.6. The van der Waals surface area contributed by atoms with Crippen molar-refractivity contribution in [2.45, 2.75) is 6.42 Å². The number of carbonyl (C=O) groups excluding carboxylic acids is 2. The van der Waals surface area contributed by atoms with Gasteiger partial charge in [0.05, 0.1) is 19.8 Å². The van der Waals surface area contributed by atoms with E-state index in [1.807, 2.05) is 18.2 Å². The zero-order valence-electron chi connectivity index (χ0n) is 12.7. The van der Waals surface area contributed by atoms with Crippen molar-refractivity contribution >= 4 is 11.9 Å². The Kier molecular flexibility index (Phi) is 3.39. The summed E-state index contributed by atoms with van der Waals surface area (Å²) < 4.78 is 9.95. The lowest BCUT2D eigenvalue weighted by atomic mass is 9.64. The molecule has 0 aliphatic heterocycles. The van der Waals surface area contributed by atoms with Gasteiger partial charge in [0, 0.05) is 11.8 Å². The van der Waals surface area contributed by atoms with E-state index < -0.39 is 11.4 Å². The van der Waals surface area contributed by atoms with Crippen LogP contribution < -0.4 is 0 Å². The molecular formula is C18H18O4. The van der Waals surface area contributed by atoms with Gasteiger partial charge < -0.3 is 9.47 Å². The molecule has 1 saturated carbocycles. The number of esters is 2. The molecule has 0 aromatic heterocycles. The minimum atomic E-state index is -0.819. The third-order valence-electron chi connectivity index (χ3n) is 4.88. The predicted molar refractivity (Wildman–Crippen MR) is 81.6 cm³/mol. The molecule has 0 N–H and O–H groups in total. The lowest BCUT2D eigenvalue weighted by Gasteiger charge is -2.38. The summed E-state index contributed by atoms with van der Waals surface area (Å²) in [6.07, 6.45) is 11.8. The maximum absolute atomic E-state index is 12.6. The summed E-state index contributed by atoms with van der Waals surface area (Å²) in [5.74, 6) is -0.926. The minimum absolute atomic E-state index is 0.0541. The number of carbonyl (C=O) groups is 2. The van der Waals surface area contributed by atoms with Crippen molar-refractivity contribution in [3.63, 3.8) is 0 Å². The van der Waals surface area contributed by atoms with E-state index in [1.54, 1.807) is 18.2 Å². The molecule has 0 amide bonds. The van der Waals surface area contributed by atoms with Crippen LogP contribution in [-0.2, 0) is 19.1 Å². The summed E-state index contributed by atoms with van der Waals surface area (Å²) in [6, 6.07) is 0. The summed E-state index contributed by atoms with van der Waals surface area (Å²) in [4.78, 5) is 24.6. The second-order valence-electron chi connectivity index (χ2n) is 5.70. The molecule has 0 saturated heterocycles. The van der Waals surface area contributed by atoms with Gasteiger partial charge in [0.1, 0.15) is 5.41 Å². The highest BCUT2D eigenvalue weighted by Gasteiger charge is 2.59. The molecule has 1 unspecified atom stereocenters. The zero-order chi connectivity index (χ0) is 15.9. The molecule has 4 nitrogen and oxygen atoms in total. The van der Waals surface area contributed by atoms with Gasteiger partial charge in [0.15, 0.2) is 0 Å². The van der Waals surface area contributed by atoms with Crippen LogP contribution in [0.1, 0.15) is 6.42 Å². The van der Waals surface area contributed by atoms with Gasteiger partial charge in [-0.2, -0.15) is 0 Å². The second-order valence-corrected chi connectivity index (χ2v) is 5.70. The fourth-order valence-corrected chi connectivity index (χ4v) is 3.93. The van der Waals surface area contributed by atoms with Gasteiger partial charge >= 0.3 is 11.9 Å². The number of rotatable bonds is 3. The Morgan fingerprint density at radius 3 is 2.73 bits per heavy atom. The summed E-state index contributed by atoms with van der Waals surface area (Å²) >= 11 is 0. The van der Waals surface area contributed by atoms with Crippen LogP contribution in [-0.4, -0.2) is 26.2 Å². The van der Waals surface area contributed by atoms with E-state index in [-0.39, 0.29) is 17.8 Å². The Hall–Kier alpha value is -2.36. The molecule has 0 bridgehead atoms. The van der Waals surface area contributed by atoms with Crippen LogP contribution in [0.25, 0.3) is 0 Å². The third-order valence-corrected chi connectivity index (χ3v) is 4.88. The molecule has 0 aromatic carbocycles. The smallest absolute Gasteiger partial charge is 0.338 e. The number of ether oxygens (including phenoxy) is 2. The van der Waals surface area contributed by atoms with E-state index in [4.69, 9.17) is 9.47 Å². The van der Waals surface area contributed by atoms with Gasteiger partial charge in [-0.05, 0) is 12.0 Å². The summed E-state index contributed by atoms with van der Waals surface area (Å²) in [5.41, 5.74) is 1.62. The molecular weight excluding hydrogens is 280 g/mol. The highest BCUT2D eigenvalue weighted by molar-refractivity contribution is 5.96. The summed E-state index contributed by atoms with van der Waals surface area (Å²) in [7, 11) is 2.75. The molecule has 3 aliphatic rings. The molecule has 0 spiro atoms.